The summed E-state index contributed by atoms with van der Waals surface area (Å²) in [6, 6.07) is 29.8. The molecule has 4 aromatic rings. The molecule has 2 aliphatic rings. The van der Waals surface area contributed by atoms with E-state index in [4.69, 9.17) is 14.5 Å². The quantitative estimate of drug-likeness (QED) is 0.505. The normalized spacial score (nSPS) is 18.2. The van der Waals surface area contributed by atoms with Crippen molar-refractivity contribution in [2.45, 2.75) is 12.1 Å². The number of carbonyl (C=O) groups excluding carboxylic acids is 1. The fourth-order valence-corrected chi connectivity index (χ4v) is 4.51. The lowest BCUT2D eigenvalue weighted by molar-refractivity contribution is -0.130. The van der Waals surface area contributed by atoms with Crippen LogP contribution in [0.1, 0.15) is 22.9 Å². The third-order valence-corrected chi connectivity index (χ3v) is 6.17. The van der Waals surface area contributed by atoms with E-state index in [-0.39, 0.29) is 25.1 Å². The molecule has 6 rings (SSSR count). The minimum Gasteiger partial charge on any atom is -0.485 e. The van der Waals surface area contributed by atoms with Crippen LogP contribution in [0.2, 0.25) is 0 Å². The highest BCUT2D eigenvalue weighted by molar-refractivity contribution is 6.04. The van der Waals surface area contributed by atoms with Crippen molar-refractivity contribution >= 4 is 11.6 Å². The smallest absolute Gasteiger partial charge is 0.265 e. The number of aliphatic imine (C=N–C) groups is 1. The molecule has 3 aromatic carbocycles. The van der Waals surface area contributed by atoms with Gasteiger partial charge in [-0.2, -0.15) is 0 Å². The van der Waals surface area contributed by atoms with E-state index in [1.165, 1.54) is 0 Å². The number of carbonyl (C=O) groups is 1. The Labute approximate surface area is 197 Å². The monoisotopic (exact) mass is 449 g/mol. The lowest BCUT2D eigenvalue weighted by Gasteiger charge is -2.25. The molecular formula is C28H23N3O3. The van der Waals surface area contributed by atoms with Crippen molar-refractivity contribution in [2.75, 3.05) is 13.2 Å². The van der Waals surface area contributed by atoms with Gasteiger partial charge < -0.3 is 19.4 Å². The second-order valence-electron chi connectivity index (χ2n) is 8.29. The second kappa shape index (κ2) is 8.56. The molecule has 1 aromatic heterocycles. The first-order valence-electron chi connectivity index (χ1n) is 11.3. The first kappa shape index (κ1) is 20.3. The first-order valence-corrected chi connectivity index (χ1v) is 11.3. The van der Waals surface area contributed by atoms with Crippen molar-refractivity contribution in [3.8, 4) is 17.2 Å². The molecule has 0 saturated heterocycles. The number of ether oxygens (including phenoxy) is 2. The van der Waals surface area contributed by atoms with Crippen LogP contribution in [0, 0.1) is 0 Å². The minimum absolute atomic E-state index is 0.170. The number of para-hydroxylation sites is 3. The van der Waals surface area contributed by atoms with E-state index in [9.17, 15) is 4.79 Å². The number of hydrogen-bond donors (Lipinski definition) is 1. The Bertz CT molecular complexity index is 1380. The number of benzene rings is 3. The Kier molecular flexibility index (Phi) is 5.11. The van der Waals surface area contributed by atoms with Crippen LogP contribution in [0.15, 0.2) is 102 Å². The topological polar surface area (TPSA) is 64.9 Å². The summed E-state index contributed by atoms with van der Waals surface area (Å²) in [5, 5.41) is 3.02. The zero-order chi connectivity index (χ0) is 22.9. The molecule has 6 nitrogen and oxygen atoms in total. The number of amides is 1. The van der Waals surface area contributed by atoms with Crippen molar-refractivity contribution in [2.24, 2.45) is 4.99 Å². The van der Waals surface area contributed by atoms with Gasteiger partial charge in [-0.05, 0) is 35.9 Å². The van der Waals surface area contributed by atoms with Crippen molar-refractivity contribution in [1.82, 2.24) is 9.88 Å². The van der Waals surface area contributed by atoms with Gasteiger partial charge in [-0.15, -0.1) is 0 Å². The molecule has 1 amide bonds. The summed E-state index contributed by atoms with van der Waals surface area (Å²) < 4.78 is 13.7. The van der Waals surface area contributed by atoms with Gasteiger partial charge in [0.15, 0.2) is 11.5 Å². The Hall–Kier alpha value is -4.32. The van der Waals surface area contributed by atoms with E-state index < -0.39 is 6.10 Å². The lowest BCUT2D eigenvalue weighted by Crippen LogP contribution is -2.45. The number of nitrogens with zero attached hydrogens (tertiary/aromatic N) is 2. The average molecular weight is 450 g/mol. The second-order valence-corrected chi connectivity index (χ2v) is 8.29. The Balaban J connectivity index is 1.30. The van der Waals surface area contributed by atoms with Gasteiger partial charge in [0, 0.05) is 11.8 Å². The molecule has 0 fully saturated rings. The molecular weight excluding hydrogens is 426 g/mol. The fraction of sp³-hybridized carbons (Fsp3) is 0.143. The van der Waals surface area contributed by atoms with Crippen LogP contribution >= 0.6 is 0 Å². The lowest BCUT2D eigenvalue weighted by atomic mass is 9.98. The van der Waals surface area contributed by atoms with Crippen molar-refractivity contribution in [1.29, 1.82) is 0 Å². The maximum absolute atomic E-state index is 13.0. The number of aromatic nitrogens is 1. The molecule has 0 bridgehead atoms. The van der Waals surface area contributed by atoms with E-state index in [0.717, 1.165) is 28.2 Å². The summed E-state index contributed by atoms with van der Waals surface area (Å²) in [6.07, 6.45) is 1.32. The number of rotatable bonds is 4. The van der Waals surface area contributed by atoms with Crippen LogP contribution < -0.4 is 14.8 Å². The summed E-state index contributed by atoms with van der Waals surface area (Å²) in [5.74, 6) is 1.00. The Morgan fingerprint density at radius 2 is 1.68 bits per heavy atom. The van der Waals surface area contributed by atoms with Crippen LogP contribution in [0.4, 0.5) is 0 Å². The standard InChI is InChI=1S/C28H23N3O3/c32-28(26-18-33-24-14-6-7-15-25(24)34-26)29-17-21-23-13-8-16-31(23)22-12-5-4-11-20(22)27(30-21)19-9-2-1-3-10-19/h1-16,26-27H,17-18H2,(H,29,32)/t26-,27+/m1/s1. The minimum atomic E-state index is -0.713. The third kappa shape index (κ3) is 3.63. The highest BCUT2D eigenvalue weighted by Gasteiger charge is 2.29. The summed E-state index contributed by atoms with van der Waals surface area (Å²) in [4.78, 5) is 18.1. The van der Waals surface area contributed by atoms with Gasteiger partial charge >= 0.3 is 0 Å². The maximum Gasteiger partial charge on any atom is 0.265 e. The molecule has 1 N–H and O–H groups in total. The maximum atomic E-state index is 13.0. The zero-order valence-electron chi connectivity index (χ0n) is 18.4. The van der Waals surface area contributed by atoms with E-state index in [1.807, 2.05) is 66.9 Å². The van der Waals surface area contributed by atoms with E-state index in [0.29, 0.717) is 11.5 Å². The van der Waals surface area contributed by atoms with Crippen LogP contribution in [-0.4, -0.2) is 35.4 Å². The summed E-state index contributed by atoms with van der Waals surface area (Å²) >= 11 is 0. The number of fused-ring (bicyclic) bond motifs is 4. The summed E-state index contributed by atoms with van der Waals surface area (Å²) in [5.41, 5.74) is 5.07. The van der Waals surface area contributed by atoms with E-state index >= 15 is 0 Å². The van der Waals surface area contributed by atoms with Crippen molar-refractivity contribution < 1.29 is 14.3 Å². The van der Waals surface area contributed by atoms with Gasteiger partial charge in [0.05, 0.1) is 23.6 Å². The van der Waals surface area contributed by atoms with Crippen molar-refractivity contribution in [3.05, 3.63) is 114 Å². The van der Waals surface area contributed by atoms with Gasteiger partial charge in [0.2, 0.25) is 6.10 Å². The molecule has 0 unspecified atom stereocenters. The molecule has 0 saturated carbocycles. The van der Waals surface area contributed by atoms with Gasteiger partial charge in [-0.25, -0.2) is 0 Å². The predicted octanol–water partition coefficient (Wildman–Crippen LogP) is 4.33. The molecule has 2 atom stereocenters. The number of hydrogen-bond acceptors (Lipinski definition) is 4. The van der Waals surface area contributed by atoms with Gasteiger partial charge in [-0.1, -0.05) is 60.7 Å². The molecule has 2 aliphatic heterocycles. The number of nitrogens with one attached hydrogen (secondary N) is 1. The Morgan fingerprint density at radius 3 is 2.56 bits per heavy atom. The highest BCUT2D eigenvalue weighted by atomic mass is 16.6. The molecule has 168 valence electrons. The first-order chi connectivity index (χ1) is 16.8. The van der Waals surface area contributed by atoms with Gasteiger partial charge in [0.25, 0.3) is 5.91 Å². The van der Waals surface area contributed by atoms with Crippen LogP contribution in [0.25, 0.3) is 5.69 Å². The molecule has 0 radical (unpaired) electrons. The average Bonchev–Trinajstić information content (AvgIpc) is 3.34. The Morgan fingerprint density at radius 1 is 0.912 bits per heavy atom. The highest BCUT2D eigenvalue weighted by Crippen LogP contribution is 2.35. The third-order valence-electron chi connectivity index (χ3n) is 6.17. The zero-order valence-corrected chi connectivity index (χ0v) is 18.4. The van der Waals surface area contributed by atoms with Crippen LogP contribution in [-0.2, 0) is 4.79 Å². The van der Waals surface area contributed by atoms with Gasteiger partial charge in [-0.3, -0.25) is 9.79 Å². The SMILES string of the molecule is O=C(NCC1=N[C@@H](c2ccccc2)c2ccccc2-n2cccc21)[C@H]1COc2ccccc2O1. The van der Waals surface area contributed by atoms with E-state index in [1.54, 1.807) is 6.07 Å². The molecule has 3 heterocycles. The van der Waals surface area contributed by atoms with Crippen LogP contribution in [0.5, 0.6) is 11.5 Å². The van der Waals surface area contributed by atoms with Crippen LogP contribution in [0.3, 0.4) is 0 Å². The van der Waals surface area contributed by atoms with E-state index in [2.05, 4.69) is 34.1 Å². The van der Waals surface area contributed by atoms with Crippen molar-refractivity contribution in [3.63, 3.8) is 0 Å². The summed E-state index contributed by atoms with van der Waals surface area (Å²) in [7, 11) is 0. The predicted molar refractivity (Wildman–Crippen MR) is 130 cm³/mol. The molecule has 0 aliphatic carbocycles. The van der Waals surface area contributed by atoms with Gasteiger partial charge in [0.1, 0.15) is 12.6 Å². The molecule has 34 heavy (non-hydrogen) atoms. The summed E-state index contributed by atoms with van der Waals surface area (Å²) in [6.45, 7) is 0.450. The fourth-order valence-electron chi connectivity index (χ4n) is 4.51. The molecule has 6 heteroatoms. The largest absolute Gasteiger partial charge is 0.485 e. The molecule has 0 spiro atoms.